The number of hydrogen-bond acceptors (Lipinski definition) is 12. The van der Waals surface area contributed by atoms with Gasteiger partial charge in [-0.3, -0.25) is 9.59 Å². The summed E-state index contributed by atoms with van der Waals surface area (Å²) in [6.07, 6.45) is -1.38. The van der Waals surface area contributed by atoms with Crippen molar-refractivity contribution < 1.29 is 53.1 Å². The van der Waals surface area contributed by atoms with Gasteiger partial charge in [0.05, 0.1) is 17.4 Å². The number of carbonyl (C=O) groups is 4. The van der Waals surface area contributed by atoms with E-state index < -0.39 is 70.9 Å². The van der Waals surface area contributed by atoms with Gasteiger partial charge in [-0.15, -0.1) is 0 Å². The minimum atomic E-state index is -1.54. The zero-order valence-corrected chi connectivity index (χ0v) is 30.0. The molecule has 13 heteroatoms. The third-order valence-corrected chi connectivity index (χ3v) is 9.91. The molecule has 13 nitrogen and oxygen atoms in total. The Hall–Kier alpha value is -4.62. The molecular formula is C38H46N2O11. The van der Waals surface area contributed by atoms with Crippen molar-refractivity contribution >= 4 is 24.0 Å². The number of benzene rings is 2. The number of likely N-dealkylation sites (N-methyl/N-ethyl adjacent to an activating group) is 1. The van der Waals surface area contributed by atoms with E-state index in [0.29, 0.717) is 24.9 Å². The number of piperidine rings is 1. The van der Waals surface area contributed by atoms with Crippen molar-refractivity contribution in [3.05, 3.63) is 71.0 Å². The molecule has 51 heavy (non-hydrogen) atoms. The first-order valence-corrected chi connectivity index (χ1v) is 17.2. The molecule has 0 aromatic heterocycles. The molecule has 2 unspecified atom stereocenters. The fraction of sp³-hybridized carbons (Fsp3) is 0.526. The standard InChI is InChI=1S/C38H46N2O11/c1-35(2,3)50-33(44)23(39-32(43)29(21-11-9-8-10-12-21)49-34(45)51-36(4,5)6)20-27(42)47-25-15-16-38(46)26-19-22-13-14-24(41)30-28(22)37(38,31(25)48-30)17-18-40(26)7/h8-15,23,26,29,31,41,46H,16-20H2,1-7H3,(H,39,43)/t23?,26-,29?,31+,37+,38-/m1/s1. The number of phenols is 1. The minimum Gasteiger partial charge on any atom is -0.504 e. The molecule has 4 aliphatic rings. The fourth-order valence-electron chi connectivity index (χ4n) is 7.86. The fourth-order valence-corrected chi connectivity index (χ4v) is 7.86. The first-order valence-electron chi connectivity index (χ1n) is 17.2. The highest BCUT2D eigenvalue weighted by atomic mass is 16.7. The van der Waals surface area contributed by atoms with E-state index in [1.165, 1.54) is 0 Å². The van der Waals surface area contributed by atoms with Crippen LogP contribution in [0.2, 0.25) is 0 Å². The molecular weight excluding hydrogens is 660 g/mol. The monoisotopic (exact) mass is 706 g/mol. The Balaban J connectivity index is 1.26. The maximum Gasteiger partial charge on any atom is 0.509 e. The maximum absolute atomic E-state index is 13.8. The molecule has 6 rings (SSSR count). The van der Waals surface area contributed by atoms with Crippen molar-refractivity contribution in [1.82, 2.24) is 10.2 Å². The van der Waals surface area contributed by atoms with Crippen LogP contribution in [-0.2, 0) is 45.2 Å². The van der Waals surface area contributed by atoms with E-state index in [2.05, 4.69) is 10.2 Å². The van der Waals surface area contributed by atoms with Crippen LogP contribution in [0.3, 0.4) is 0 Å². The van der Waals surface area contributed by atoms with Gasteiger partial charge in [0.25, 0.3) is 5.91 Å². The third-order valence-electron chi connectivity index (χ3n) is 9.91. The molecule has 0 saturated carbocycles. The van der Waals surface area contributed by atoms with Crippen LogP contribution in [0, 0.1) is 0 Å². The highest BCUT2D eigenvalue weighted by Gasteiger charge is 2.72. The molecule has 2 aliphatic carbocycles. The highest BCUT2D eigenvalue weighted by Crippen LogP contribution is 2.65. The lowest BCUT2D eigenvalue weighted by Gasteiger charge is -2.61. The highest BCUT2D eigenvalue weighted by molar-refractivity contribution is 5.91. The van der Waals surface area contributed by atoms with E-state index in [1.54, 1.807) is 84.0 Å². The Morgan fingerprint density at radius 1 is 1.02 bits per heavy atom. The maximum atomic E-state index is 13.8. The predicted molar refractivity (Wildman–Crippen MR) is 182 cm³/mol. The predicted octanol–water partition coefficient (Wildman–Crippen LogP) is 4.12. The summed E-state index contributed by atoms with van der Waals surface area (Å²) < 4.78 is 28.6. The Bertz CT molecular complexity index is 1760. The lowest BCUT2D eigenvalue weighted by atomic mass is 9.50. The second-order valence-corrected chi connectivity index (χ2v) is 15.7. The van der Waals surface area contributed by atoms with Gasteiger partial charge < -0.3 is 44.1 Å². The van der Waals surface area contributed by atoms with E-state index in [-0.39, 0.29) is 29.7 Å². The summed E-state index contributed by atoms with van der Waals surface area (Å²) in [6.45, 7) is 10.5. The van der Waals surface area contributed by atoms with Gasteiger partial charge >= 0.3 is 18.1 Å². The second-order valence-electron chi connectivity index (χ2n) is 15.7. The number of hydrogen-bond donors (Lipinski definition) is 3. The minimum absolute atomic E-state index is 0.0720. The quantitative estimate of drug-likeness (QED) is 0.266. The van der Waals surface area contributed by atoms with Gasteiger partial charge in [-0.2, -0.15) is 0 Å². The van der Waals surface area contributed by atoms with Crippen molar-refractivity contribution in [2.45, 2.75) is 114 Å². The van der Waals surface area contributed by atoms with Crippen molar-refractivity contribution in [2.24, 2.45) is 0 Å². The molecule has 1 spiro atoms. The van der Waals surface area contributed by atoms with Crippen molar-refractivity contribution in [1.29, 1.82) is 0 Å². The average Bonchev–Trinajstić information content (AvgIpc) is 3.39. The lowest BCUT2D eigenvalue weighted by molar-refractivity contribution is -0.170. The number of rotatable bonds is 8. The first-order chi connectivity index (χ1) is 23.8. The lowest BCUT2D eigenvalue weighted by Crippen LogP contribution is -2.74. The Morgan fingerprint density at radius 2 is 1.71 bits per heavy atom. The molecule has 6 atom stereocenters. The van der Waals surface area contributed by atoms with Crippen molar-refractivity contribution in [3.8, 4) is 11.5 Å². The normalized spacial score (nSPS) is 26.0. The molecule has 274 valence electrons. The number of nitrogens with one attached hydrogen (secondary N) is 1. The molecule has 1 saturated heterocycles. The number of aliphatic hydroxyl groups is 1. The smallest absolute Gasteiger partial charge is 0.504 e. The topological polar surface area (TPSA) is 170 Å². The SMILES string of the molecule is CN1CC[C@]23c4c5ccc(O)c4O[C@H]2C(OC(=O)CC(NC(=O)C(OC(=O)OC(C)(C)C)c2ccccc2)C(=O)OC(C)(C)C)=CC[C@@]3(O)[C@H]1C5. The number of phenolic OH excluding ortho intramolecular Hbond substituents is 1. The Labute approximate surface area is 296 Å². The van der Waals surface area contributed by atoms with Gasteiger partial charge in [0.2, 0.25) is 6.10 Å². The van der Waals surface area contributed by atoms with Gasteiger partial charge in [0.1, 0.15) is 23.0 Å². The van der Waals surface area contributed by atoms with Gasteiger partial charge in [0, 0.05) is 23.6 Å². The number of aromatic hydroxyl groups is 1. The van der Waals surface area contributed by atoms with E-state index in [1.807, 2.05) is 13.1 Å². The van der Waals surface area contributed by atoms with Crippen LogP contribution in [0.4, 0.5) is 4.79 Å². The summed E-state index contributed by atoms with van der Waals surface area (Å²) in [5.74, 6) is -2.36. The Morgan fingerprint density at radius 3 is 2.37 bits per heavy atom. The van der Waals surface area contributed by atoms with Gasteiger partial charge in [-0.05, 0) is 85.7 Å². The van der Waals surface area contributed by atoms with Crippen molar-refractivity contribution in [2.75, 3.05) is 13.6 Å². The largest absolute Gasteiger partial charge is 0.509 e. The summed E-state index contributed by atoms with van der Waals surface area (Å²) in [6, 6.07) is 9.81. The summed E-state index contributed by atoms with van der Waals surface area (Å²) in [5, 5.41) is 25.7. The van der Waals surface area contributed by atoms with Crippen LogP contribution < -0.4 is 10.1 Å². The molecule has 2 bridgehead atoms. The number of ether oxygens (including phenoxy) is 5. The van der Waals surface area contributed by atoms with E-state index in [9.17, 15) is 29.4 Å². The zero-order valence-electron chi connectivity index (χ0n) is 30.0. The molecule has 0 radical (unpaired) electrons. The molecule has 2 aromatic rings. The molecule has 2 heterocycles. The van der Waals surface area contributed by atoms with E-state index >= 15 is 0 Å². The molecule has 1 fully saturated rings. The Kier molecular flexibility index (Phi) is 9.12. The van der Waals surface area contributed by atoms with E-state index in [4.69, 9.17) is 23.7 Å². The molecule has 2 aromatic carbocycles. The third kappa shape index (κ3) is 6.64. The van der Waals surface area contributed by atoms with Crippen LogP contribution in [0.1, 0.15) is 83.6 Å². The number of nitrogens with zero attached hydrogens (tertiary/aromatic N) is 1. The van der Waals surface area contributed by atoms with Crippen LogP contribution in [0.5, 0.6) is 11.5 Å². The summed E-state index contributed by atoms with van der Waals surface area (Å²) in [5.41, 5.74) is -2.14. The second kappa shape index (κ2) is 12.9. The first kappa shape index (κ1) is 36.2. The number of likely N-dealkylation sites (tertiary alicyclic amines) is 1. The van der Waals surface area contributed by atoms with Gasteiger partial charge in [-0.25, -0.2) is 9.59 Å². The molecule has 2 aliphatic heterocycles. The van der Waals surface area contributed by atoms with E-state index in [0.717, 1.165) is 11.1 Å². The van der Waals surface area contributed by atoms with Crippen LogP contribution >= 0.6 is 0 Å². The summed E-state index contributed by atoms with van der Waals surface area (Å²) in [4.78, 5) is 55.8. The number of amides is 1. The van der Waals surface area contributed by atoms with Crippen LogP contribution in [0.25, 0.3) is 0 Å². The van der Waals surface area contributed by atoms with Crippen molar-refractivity contribution in [3.63, 3.8) is 0 Å². The van der Waals surface area contributed by atoms with Gasteiger partial charge in [-0.1, -0.05) is 36.4 Å². The summed E-state index contributed by atoms with van der Waals surface area (Å²) in [7, 11) is 1.97. The molecule has 1 amide bonds. The summed E-state index contributed by atoms with van der Waals surface area (Å²) >= 11 is 0. The zero-order chi connectivity index (χ0) is 37.1. The number of esters is 2. The van der Waals surface area contributed by atoms with Gasteiger partial charge in [0.15, 0.2) is 17.6 Å². The number of carbonyl (C=O) groups excluding carboxylic acids is 4. The average molecular weight is 707 g/mol. The van der Waals surface area contributed by atoms with Crippen LogP contribution in [0.15, 0.2) is 54.3 Å². The molecule has 3 N–H and O–H groups in total. The van der Waals surface area contributed by atoms with Crippen LogP contribution in [-0.4, -0.2) is 87.7 Å².